The Balaban J connectivity index is 2.16. The maximum atomic E-state index is 13.8. The molecular weight excluding hydrogens is 390 g/mol. The predicted molar refractivity (Wildman–Crippen MR) is 110 cm³/mol. The minimum atomic E-state index is -4.17. The molecule has 1 saturated heterocycles. The molecule has 1 atom stereocenters. The minimum Gasteiger partial charge on any atom is -0.367 e. The third-order valence-corrected chi connectivity index (χ3v) is 7.85. The Morgan fingerprint density at radius 1 is 1.00 bits per heavy atom. The summed E-state index contributed by atoms with van der Waals surface area (Å²) < 4.78 is 27.2. The van der Waals surface area contributed by atoms with Crippen LogP contribution in [0.25, 0.3) is 0 Å². The number of rotatable bonds is 6. The van der Waals surface area contributed by atoms with Gasteiger partial charge in [-0.25, -0.2) is 12.7 Å². The number of primary amides is 1. The van der Waals surface area contributed by atoms with E-state index in [1.54, 1.807) is 0 Å². The van der Waals surface area contributed by atoms with Crippen LogP contribution in [0, 0.1) is 0 Å². The van der Waals surface area contributed by atoms with Crippen molar-refractivity contribution >= 4 is 21.8 Å². The van der Waals surface area contributed by atoms with Crippen LogP contribution < -0.4 is 5.73 Å². The van der Waals surface area contributed by atoms with Gasteiger partial charge in [0.1, 0.15) is 0 Å². The molecule has 1 unspecified atom stereocenters. The summed E-state index contributed by atoms with van der Waals surface area (Å²) in [6, 6.07) is 18.2. The molecule has 2 aromatic rings. The first-order chi connectivity index (χ1) is 13.7. The molecule has 2 amide bonds. The molecule has 7 nitrogen and oxygen atoms in total. The molecule has 1 heterocycles. The number of amides is 2. The van der Waals surface area contributed by atoms with E-state index in [0.29, 0.717) is 6.42 Å². The van der Waals surface area contributed by atoms with Gasteiger partial charge >= 0.3 is 0 Å². The van der Waals surface area contributed by atoms with Crippen molar-refractivity contribution in [1.82, 2.24) is 9.21 Å². The summed E-state index contributed by atoms with van der Waals surface area (Å²) in [6.45, 7) is 0.144. The van der Waals surface area contributed by atoms with Crippen molar-refractivity contribution in [1.29, 1.82) is 0 Å². The van der Waals surface area contributed by atoms with Crippen LogP contribution in [0.4, 0.5) is 0 Å². The minimum absolute atomic E-state index is 0.0229. The number of hydrogen-bond donors (Lipinski definition) is 1. The summed E-state index contributed by atoms with van der Waals surface area (Å²) >= 11 is 0. The number of benzene rings is 2. The molecule has 1 aliphatic heterocycles. The molecule has 0 aliphatic carbocycles. The first-order valence-electron chi connectivity index (χ1n) is 9.37. The molecule has 154 valence electrons. The average Bonchev–Trinajstić information content (AvgIpc) is 3.16. The van der Waals surface area contributed by atoms with Gasteiger partial charge in [0.15, 0.2) is 0 Å². The van der Waals surface area contributed by atoms with Gasteiger partial charge in [-0.15, -0.1) is 0 Å². The van der Waals surface area contributed by atoms with E-state index in [9.17, 15) is 18.0 Å². The molecule has 0 radical (unpaired) electrons. The fourth-order valence-corrected chi connectivity index (χ4v) is 5.68. The number of nitrogens with two attached hydrogens (primary N) is 1. The first kappa shape index (κ1) is 21.0. The Bertz CT molecular complexity index is 954. The van der Waals surface area contributed by atoms with Gasteiger partial charge in [-0.2, -0.15) is 0 Å². The lowest BCUT2D eigenvalue weighted by Crippen LogP contribution is -2.64. The summed E-state index contributed by atoms with van der Waals surface area (Å²) in [7, 11) is -1.49. The van der Waals surface area contributed by atoms with Crippen LogP contribution in [-0.4, -0.2) is 54.9 Å². The second-order valence-electron chi connectivity index (χ2n) is 7.28. The second kappa shape index (κ2) is 7.96. The highest BCUT2D eigenvalue weighted by Crippen LogP contribution is 2.39. The zero-order valence-corrected chi connectivity index (χ0v) is 17.3. The zero-order valence-electron chi connectivity index (χ0n) is 16.5. The number of carbonyl (C=O) groups excluding carboxylic acids is 2. The van der Waals surface area contributed by atoms with E-state index in [1.165, 1.54) is 14.1 Å². The van der Waals surface area contributed by atoms with Gasteiger partial charge in [-0.05, 0) is 24.0 Å². The Hall–Kier alpha value is -2.71. The van der Waals surface area contributed by atoms with E-state index in [0.717, 1.165) is 20.3 Å². The van der Waals surface area contributed by atoms with Crippen molar-refractivity contribution in [2.24, 2.45) is 5.73 Å². The van der Waals surface area contributed by atoms with Gasteiger partial charge < -0.3 is 10.6 Å². The smallest absolute Gasteiger partial charge is 0.260 e. The van der Waals surface area contributed by atoms with Gasteiger partial charge in [0.2, 0.25) is 20.8 Å². The van der Waals surface area contributed by atoms with Crippen LogP contribution in [0.2, 0.25) is 0 Å². The van der Waals surface area contributed by atoms with Crippen molar-refractivity contribution in [2.75, 3.05) is 20.6 Å². The quantitative estimate of drug-likeness (QED) is 0.773. The lowest BCUT2D eigenvalue weighted by atomic mass is 9.89. The van der Waals surface area contributed by atoms with Crippen molar-refractivity contribution in [3.63, 3.8) is 0 Å². The maximum absolute atomic E-state index is 13.8. The molecule has 1 aliphatic rings. The molecule has 8 heteroatoms. The summed E-state index contributed by atoms with van der Waals surface area (Å²) in [5.41, 5.74) is 7.06. The Morgan fingerprint density at radius 2 is 1.48 bits per heavy atom. The monoisotopic (exact) mass is 415 g/mol. The topological polar surface area (TPSA) is 101 Å². The van der Waals surface area contributed by atoms with Gasteiger partial charge in [-0.1, -0.05) is 60.7 Å². The van der Waals surface area contributed by atoms with E-state index in [-0.39, 0.29) is 13.0 Å². The molecule has 2 aromatic carbocycles. The van der Waals surface area contributed by atoms with Crippen LogP contribution in [0.3, 0.4) is 0 Å². The fourth-order valence-electron chi connectivity index (χ4n) is 3.96. The standard InChI is InChI=1S/C21H25N3O4S/c1-23(2)29(27,28)21(20(22)26)14-9-15-24(21)19(25)18(16-10-5-3-6-11-16)17-12-7-4-8-13-17/h3-8,10-13,18H,9,14-15H2,1-2H3,(H2,22,26). The maximum Gasteiger partial charge on any atom is 0.260 e. The Labute approximate surface area is 171 Å². The third-order valence-electron chi connectivity index (χ3n) is 5.40. The molecular formula is C21H25N3O4S. The molecule has 0 spiro atoms. The van der Waals surface area contributed by atoms with Gasteiger partial charge in [0, 0.05) is 20.6 Å². The Kier molecular flexibility index (Phi) is 5.77. The van der Waals surface area contributed by atoms with E-state index in [1.807, 2.05) is 60.7 Å². The number of sulfonamides is 1. The van der Waals surface area contributed by atoms with E-state index < -0.39 is 32.6 Å². The van der Waals surface area contributed by atoms with Crippen molar-refractivity contribution < 1.29 is 18.0 Å². The van der Waals surface area contributed by atoms with E-state index in [4.69, 9.17) is 5.73 Å². The molecule has 0 saturated carbocycles. The van der Waals surface area contributed by atoms with Crippen LogP contribution >= 0.6 is 0 Å². The molecule has 2 N–H and O–H groups in total. The molecule has 29 heavy (non-hydrogen) atoms. The highest BCUT2D eigenvalue weighted by Gasteiger charge is 2.60. The molecule has 1 fully saturated rings. The molecule has 0 bridgehead atoms. The number of likely N-dealkylation sites (tertiary alicyclic amines) is 1. The van der Waals surface area contributed by atoms with Crippen LogP contribution in [-0.2, 0) is 19.6 Å². The number of nitrogens with zero attached hydrogens (tertiary/aromatic N) is 2. The summed E-state index contributed by atoms with van der Waals surface area (Å²) in [6.07, 6.45) is 0.350. The highest BCUT2D eigenvalue weighted by atomic mass is 32.2. The van der Waals surface area contributed by atoms with Crippen molar-refractivity contribution in [3.05, 3.63) is 71.8 Å². The average molecular weight is 416 g/mol. The van der Waals surface area contributed by atoms with E-state index in [2.05, 4.69) is 0 Å². The van der Waals surface area contributed by atoms with Crippen LogP contribution in [0.15, 0.2) is 60.7 Å². The summed E-state index contributed by atoms with van der Waals surface area (Å²) in [5.74, 6) is -2.23. The lowest BCUT2D eigenvalue weighted by Gasteiger charge is -2.38. The fraction of sp³-hybridized carbons (Fsp3) is 0.333. The van der Waals surface area contributed by atoms with Gasteiger partial charge in [0.05, 0.1) is 5.92 Å². The highest BCUT2D eigenvalue weighted by molar-refractivity contribution is 7.91. The third kappa shape index (κ3) is 3.42. The van der Waals surface area contributed by atoms with Crippen LogP contribution in [0.1, 0.15) is 29.9 Å². The Morgan fingerprint density at radius 3 is 1.90 bits per heavy atom. The van der Waals surface area contributed by atoms with Gasteiger partial charge in [-0.3, -0.25) is 9.59 Å². The largest absolute Gasteiger partial charge is 0.367 e. The van der Waals surface area contributed by atoms with Crippen LogP contribution in [0.5, 0.6) is 0 Å². The zero-order chi connectivity index (χ0) is 21.2. The summed E-state index contributed by atoms with van der Waals surface area (Å²) in [4.78, 5) is 25.4. The molecule has 0 aromatic heterocycles. The second-order valence-corrected chi connectivity index (χ2v) is 9.64. The first-order valence-corrected chi connectivity index (χ1v) is 10.8. The number of carbonyl (C=O) groups is 2. The lowest BCUT2D eigenvalue weighted by molar-refractivity contribution is -0.139. The van der Waals surface area contributed by atoms with Crippen molar-refractivity contribution in [3.8, 4) is 0 Å². The van der Waals surface area contributed by atoms with Gasteiger partial charge in [0.25, 0.3) is 5.91 Å². The normalized spacial score (nSPS) is 19.7. The predicted octanol–water partition coefficient (Wildman–Crippen LogP) is 1.51. The molecule has 3 rings (SSSR count). The number of hydrogen-bond acceptors (Lipinski definition) is 4. The van der Waals surface area contributed by atoms with E-state index >= 15 is 0 Å². The SMILES string of the molecule is CN(C)S(=O)(=O)C1(C(N)=O)CCCN1C(=O)C(c1ccccc1)c1ccccc1. The van der Waals surface area contributed by atoms with Crippen molar-refractivity contribution in [2.45, 2.75) is 23.6 Å². The summed E-state index contributed by atoms with van der Waals surface area (Å²) in [5, 5.41) is 0.